The van der Waals surface area contributed by atoms with Gasteiger partial charge in [-0.1, -0.05) is 24.5 Å². The second-order valence-corrected chi connectivity index (χ2v) is 7.61. The van der Waals surface area contributed by atoms with Crippen molar-refractivity contribution < 1.29 is 14.4 Å². The number of aryl methyl sites for hydroxylation is 1. The van der Waals surface area contributed by atoms with E-state index in [4.69, 9.17) is 15.3 Å². The number of ether oxygens (including phenoxy) is 1. The molecule has 1 aromatic heterocycles. The summed E-state index contributed by atoms with van der Waals surface area (Å²) in [5.74, 6) is 0.655. The number of fused-ring (bicyclic) bond motifs is 1. The van der Waals surface area contributed by atoms with Crippen LogP contribution in [0.5, 0.6) is 0 Å². The second kappa shape index (κ2) is 13.9. The summed E-state index contributed by atoms with van der Waals surface area (Å²) in [6.45, 7) is 2.82. The van der Waals surface area contributed by atoms with Crippen LogP contribution in [0.4, 0.5) is 5.82 Å². The molecule has 1 aliphatic rings. The van der Waals surface area contributed by atoms with Gasteiger partial charge in [0.05, 0.1) is 12.1 Å². The average Bonchev–Trinajstić information content (AvgIpc) is 2.75. The number of nitrogens with two attached hydrogens (primary N) is 1. The fourth-order valence-corrected chi connectivity index (χ4v) is 3.77. The van der Waals surface area contributed by atoms with Gasteiger partial charge in [0.25, 0.3) is 5.91 Å². The van der Waals surface area contributed by atoms with Gasteiger partial charge in [-0.2, -0.15) is 0 Å². The van der Waals surface area contributed by atoms with E-state index in [-0.39, 0.29) is 54.6 Å². The number of amides is 1. The molecule has 1 aromatic carbocycles. The van der Waals surface area contributed by atoms with Crippen molar-refractivity contribution >= 4 is 53.4 Å². The Labute approximate surface area is 206 Å². The first kappa shape index (κ1) is 28.5. The van der Waals surface area contributed by atoms with E-state index in [0.717, 1.165) is 36.6 Å². The highest BCUT2D eigenvalue weighted by molar-refractivity contribution is 5.96. The quantitative estimate of drug-likeness (QED) is 0.187. The zero-order valence-electron chi connectivity index (χ0n) is 19.1. The van der Waals surface area contributed by atoms with Gasteiger partial charge < -0.3 is 31.3 Å². The van der Waals surface area contributed by atoms with Crippen LogP contribution in [0.1, 0.15) is 41.9 Å². The monoisotopic (exact) mass is 501 g/mol. The number of hydrogen-bond acceptors (Lipinski definition) is 7. The molecule has 0 saturated heterocycles. The molecule has 5 N–H and O–H groups in total. The molecule has 2 aromatic rings. The standard InChI is InChI=1S/C21H31N7O3.2ClH/c1-13-8-9-15-14(12-13)18(27-19(24-15)20(29)23-10-11-30-2)25-16-6-4-5-7-17(16)26-21(22)28-31-3;;/h8-9,12,16-17H,4-7,10-11H2,1-3H3,(H,23,29)(H3,22,26,28)(H,24,25,27);2*1H/t16-,17+;;/m1../s1. The Morgan fingerprint density at radius 1 is 1.18 bits per heavy atom. The minimum Gasteiger partial charge on any atom is -0.396 e. The number of methoxy groups -OCH3 is 1. The highest BCUT2D eigenvalue weighted by Crippen LogP contribution is 2.27. The SMILES string of the molecule is COCCNC(=O)c1nc(N[C@@H]2CCCC[C@@H]2N/C(N)=N\OC)c2cc(C)ccc2n1.Cl.Cl. The van der Waals surface area contributed by atoms with Crippen molar-refractivity contribution in [2.75, 3.05) is 32.7 Å². The molecule has 33 heavy (non-hydrogen) atoms. The van der Waals surface area contributed by atoms with E-state index in [9.17, 15) is 4.79 Å². The number of nitrogens with zero attached hydrogens (tertiary/aromatic N) is 3. The summed E-state index contributed by atoms with van der Waals surface area (Å²) in [6.07, 6.45) is 4.05. The lowest BCUT2D eigenvalue weighted by atomic mass is 9.90. The van der Waals surface area contributed by atoms with Crippen molar-refractivity contribution in [2.45, 2.75) is 44.7 Å². The van der Waals surface area contributed by atoms with Gasteiger partial charge in [-0.3, -0.25) is 4.79 Å². The van der Waals surface area contributed by atoms with Crippen LogP contribution in [0.3, 0.4) is 0 Å². The Bertz CT molecular complexity index is 945. The van der Waals surface area contributed by atoms with E-state index in [1.165, 1.54) is 7.11 Å². The van der Waals surface area contributed by atoms with Gasteiger partial charge in [0, 0.05) is 31.1 Å². The molecule has 0 unspecified atom stereocenters. The van der Waals surface area contributed by atoms with Gasteiger partial charge in [0.15, 0.2) is 0 Å². The molecule has 3 rings (SSSR count). The third kappa shape index (κ3) is 7.76. The molecule has 1 aliphatic carbocycles. The molecule has 1 fully saturated rings. The number of aromatic nitrogens is 2. The molecule has 0 radical (unpaired) electrons. The number of carbonyl (C=O) groups excluding carboxylic acids is 1. The Kier molecular flexibility index (Phi) is 12.0. The normalized spacial score (nSPS) is 18.0. The topological polar surface area (TPSA) is 136 Å². The third-order valence-corrected chi connectivity index (χ3v) is 5.26. The van der Waals surface area contributed by atoms with Crippen LogP contribution in [-0.4, -0.2) is 61.3 Å². The molecule has 1 heterocycles. The molecule has 0 aliphatic heterocycles. The van der Waals surface area contributed by atoms with E-state index in [2.05, 4.69) is 31.1 Å². The predicted molar refractivity (Wildman–Crippen MR) is 134 cm³/mol. The van der Waals surface area contributed by atoms with Gasteiger partial charge in [0.1, 0.15) is 12.9 Å². The highest BCUT2D eigenvalue weighted by atomic mass is 35.5. The lowest BCUT2D eigenvalue weighted by Gasteiger charge is -2.33. The first-order valence-electron chi connectivity index (χ1n) is 10.5. The summed E-state index contributed by atoms with van der Waals surface area (Å²) in [4.78, 5) is 26.4. The molecule has 184 valence electrons. The van der Waals surface area contributed by atoms with Crippen molar-refractivity contribution in [3.63, 3.8) is 0 Å². The number of halogens is 2. The first-order chi connectivity index (χ1) is 15.0. The van der Waals surface area contributed by atoms with Gasteiger partial charge in [-0.05, 0) is 37.1 Å². The number of nitrogens with one attached hydrogen (secondary N) is 3. The Balaban J connectivity index is 0.00000272. The number of benzene rings is 1. The Morgan fingerprint density at radius 3 is 2.61 bits per heavy atom. The van der Waals surface area contributed by atoms with E-state index in [1.807, 2.05) is 25.1 Å². The molecular formula is C21H33Cl2N7O3. The minimum absolute atomic E-state index is 0. The van der Waals surface area contributed by atoms with Gasteiger partial charge in [-0.15, -0.1) is 24.8 Å². The van der Waals surface area contributed by atoms with Crippen molar-refractivity contribution in [3.8, 4) is 0 Å². The zero-order valence-corrected chi connectivity index (χ0v) is 20.7. The average molecular weight is 502 g/mol. The summed E-state index contributed by atoms with van der Waals surface area (Å²) in [7, 11) is 3.04. The van der Waals surface area contributed by atoms with Crippen LogP contribution in [0.15, 0.2) is 23.4 Å². The van der Waals surface area contributed by atoms with Gasteiger partial charge in [-0.25, -0.2) is 9.97 Å². The highest BCUT2D eigenvalue weighted by Gasteiger charge is 2.27. The molecular weight excluding hydrogens is 469 g/mol. The fourth-order valence-electron chi connectivity index (χ4n) is 3.77. The predicted octanol–water partition coefficient (Wildman–Crippen LogP) is 2.35. The summed E-state index contributed by atoms with van der Waals surface area (Å²) in [5, 5.41) is 14.2. The number of hydrogen-bond donors (Lipinski definition) is 4. The van der Waals surface area contributed by atoms with E-state index in [0.29, 0.717) is 24.5 Å². The van der Waals surface area contributed by atoms with Crippen LogP contribution in [0, 0.1) is 6.92 Å². The maximum absolute atomic E-state index is 12.6. The van der Waals surface area contributed by atoms with Crippen molar-refractivity contribution in [2.24, 2.45) is 10.9 Å². The molecule has 12 heteroatoms. The lowest BCUT2D eigenvalue weighted by Crippen LogP contribution is -2.51. The van der Waals surface area contributed by atoms with E-state index in [1.54, 1.807) is 7.11 Å². The maximum atomic E-state index is 12.6. The van der Waals surface area contributed by atoms with Crippen molar-refractivity contribution in [1.82, 2.24) is 20.6 Å². The van der Waals surface area contributed by atoms with Crippen LogP contribution in [0.25, 0.3) is 10.9 Å². The first-order valence-corrected chi connectivity index (χ1v) is 10.5. The number of carbonyl (C=O) groups is 1. The summed E-state index contributed by atoms with van der Waals surface area (Å²) < 4.78 is 4.99. The Morgan fingerprint density at radius 2 is 1.91 bits per heavy atom. The summed E-state index contributed by atoms with van der Waals surface area (Å²) >= 11 is 0. The van der Waals surface area contributed by atoms with E-state index < -0.39 is 0 Å². The fraction of sp³-hybridized carbons (Fsp3) is 0.524. The Hall–Kier alpha value is -2.56. The molecule has 10 nitrogen and oxygen atoms in total. The van der Waals surface area contributed by atoms with Crippen LogP contribution < -0.4 is 21.7 Å². The largest absolute Gasteiger partial charge is 0.396 e. The number of guanidine groups is 1. The molecule has 0 bridgehead atoms. The number of anilines is 1. The number of rotatable bonds is 8. The molecule has 0 spiro atoms. The van der Waals surface area contributed by atoms with Crippen LogP contribution >= 0.6 is 24.8 Å². The van der Waals surface area contributed by atoms with Crippen LogP contribution in [0.2, 0.25) is 0 Å². The summed E-state index contributed by atoms with van der Waals surface area (Å²) in [5.41, 5.74) is 7.70. The van der Waals surface area contributed by atoms with Crippen molar-refractivity contribution in [1.29, 1.82) is 0 Å². The maximum Gasteiger partial charge on any atom is 0.289 e. The van der Waals surface area contributed by atoms with Crippen LogP contribution in [-0.2, 0) is 9.57 Å². The second-order valence-electron chi connectivity index (χ2n) is 7.61. The number of oxime groups is 1. The molecule has 1 amide bonds. The minimum atomic E-state index is -0.336. The van der Waals surface area contributed by atoms with E-state index >= 15 is 0 Å². The molecule has 2 atom stereocenters. The van der Waals surface area contributed by atoms with Crippen molar-refractivity contribution in [3.05, 3.63) is 29.6 Å². The smallest absolute Gasteiger partial charge is 0.289 e. The molecule has 1 saturated carbocycles. The van der Waals surface area contributed by atoms with Gasteiger partial charge in [0.2, 0.25) is 11.8 Å². The lowest BCUT2D eigenvalue weighted by molar-refractivity contribution is 0.0927. The van der Waals surface area contributed by atoms with Gasteiger partial charge >= 0.3 is 0 Å². The zero-order chi connectivity index (χ0) is 22.2. The summed E-state index contributed by atoms with van der Waals surface area (Å²) in [6, 6.07) is 6.02. The third-order valence-electron chi connectivity index (χ3n) is 5.26.